The first-order valence-electron chi connectivity index (χ1n) is 9.62. The van der Waals surface area contributed by atoms with E-state index in [1.54, 1.807) is 6.92 Å². The van der Waals surface area contributed by atoms with E-state index in [9.17, 15) is 4.79 Å². The quantitative estimate of drug-likeness (QED) is 0.452. The van der Waals surface area contributed by atoms with Crippen molar-refractivity contribution in [2.45, 2.75) is 33.2 Å². The molecule has 0 saturated carbocycles. The maximum absolute atomic E-state index is 11.6. The lowest BCUT2D eigenvalue weighted by atomic mass is 10.2. The normalized spacial score (nSPS) is 10.8. The van der Waals surface area contributed by atoms with Crippen molar-refractivity contribution < 1.29 is 9.53 Å². The molecule has 3 rings (SSSR count). The summed E-state index contributed by atoms with van der Waals surface area (Å²) in [4.78, 5) is 16.4. The Hall–Kier alpha value is -3.08. The molecule has 0 atom stereocenters. The Bertz CT molecular complexity index is 975. The fourth-order valence-corrected chi connectivity index (χ4v) is 3.13. The van der Waals surface area contributed by atoms with E-state index in [1.807, 2.05) is 49.4 Å². The number of benzene rings is 2. The van der Waals surface area contributed by atoms with Gasteiger partial charge in [-0.05, 0) is 44.0 Å². The summed E-state index contributed by atoms with van der Waals surface area (Å²) >= 11 is 0. The van der Waals surface area contributed by atoms with Crippen LogP contribution in [0.5, 0.6) is 5.75 Å². The Labute approximate surface area is 166 Å². The van der Waals surface area contributed by atoms with Crippen LogP contribution >= 0.6 is 0 Å². The molecule has 0 unspecified atom stereocenters. The molecule has 1 amide bonds. The molecule has 1 N–H and O–H groups in total. The molecule has 0 bridgehead atoms. The summed E-state index contributed by atoms with van der Waals surface area (Å²) in [7, 11) is 0. The summed E-state index contributed by atoms with van der Waals surface area (Å²) in [5.74, 6) is 1.83. The fourth-order valence-electron chi connectivity index (χ4n) is 3.13. The third-order valence-electron chi connectivity index (χ3n) is 4.65. The van der Waals surface area contributed by atoms with Gasteiger partial charge in [0.15, 0.2) is 0 Å². The molecule has 0 spiro atoms. The lowest BCUT2D eigenvalue weighted by Crippen LogP contribution is -2.25. The van der Waals surface area contributed by atoms with Crippen LogP contribution in [0.15, 0.2) is 60.7 Å². The van der Waals surface area contributed by atoms with Crippen LogP contribution in [0.1, 0.15) is 24.7 Å². The number of aryl methyl sites for hydroxylation is 2. The van der Waals surface area contributed by atoms with Crippen LogP contribution in [0.3, 0.4) is 0 Å². The van der Waals surface area contributed by atoms with Crippen LogP contribution in [0.4, 0.5) is 0 Å². The number of hydrogen-bond acceptors (Lipinski definition) is 3. The van der Waals surface area contributed by atoms with Gasteiger partial charge in [0.1, 0.15) is 18.2 Å². The Balaban J connectivity index is 1.66. The maximum Gasteiger partial charge on any atom is 0.246 e. The molecule has 5 nitrogen and oxygen atoms in total. The summed E-state index contributed by atoms with van der Waals surface area (Å²) < 4.78 is 8.20. The zero-order valence-electron chi connectivity index (χ0n) is 16.6. The number of amides is 1. The summed E-state index contributed by atoms with van der Waals surface area (Å²) in [6, 6.07) is 16.2. The van der Waals surface area contributed by atoms with Crippen LogP contribution in [0, 0.1) is 6.92 Å². The van der Waals surface area contributed by atoms with E-state index in [-0.39, 0.29) is 5.91 Å². The number of nitrogens with zero attached hydrogens (tertiary/aromatic N) is 2. The number of carbonyl (C=O) groups excluding carboxylic acids is 1. The molecule has 146 valence electrons. The lowest BCUT2D eigenvalue weighted by Gasteiger charge is -2.12. The van der Waals surface area contributed by atoms with Crippen LogP contribution in [0.2, 0.25) is 0 Å². The molecule has 3 aromatic rings. The van der Waals surface area contributed by atoms with Crippen LogP contribution < -0.4 is 10.1 Å². The van der Waals surface area contributed by atoms with Crippen LogP contribution in [-0.4, -0.2) is 28.6 Å². The van der Waals surface area contributed by atoms with E-state index in [1.165, 1.54) is 0 Å². The van der Waals surface area contributed by atoms with Gasteiger partial charge in [-0.3, -0.25) is 4.79 Å². The molecule has 0 saturated heterocycles. The standard InChI is InChI=1S/C23H27N3O2/c1-17(2)23(27)24-14-8-13-22-25-19-10-5-6-11-20(19)26(22)15-16-28-21-12-7-4-9-18(21)3/h4-7,9-12H,1,8,13-16H2,2-3H3,(H,24,27). The third kappa shape index (κ3) is 4.80. The van der Waals surface area contributed by atoms with E-state index in [0.29, 0.717) is 18.7 Å². The largest absolute Gasteiger partial charge is 0.491 e. The highest BCUT2D eigenvalue weighted by Gasteiger charge is 2.11. The van der Waals surface area contributed by atoms with Gasteiger partial charge in [-0.25, -0.2) is 4.98 Å². The second-order valence-corrected chi connectivity index (χ2v) is 6.92. The minimum Gasteiger partial charge on any atom is -0.491 e. The molecule has 28 heavy (non-hydrogen) atoms. The minimum atomic E-state index is -0.0971. The Morgan fingerprint density at radius 3 is 2.71 bits per heavy atom. The molecular formula is C23H27N3O2. The van der Waals surface area contributed by atoms with Gasteiger partial charge in [0.05, 0.1) is 17.6 Å². The zero-order chi connectivity index (χ0) is 19.9. The van der Waals surface area contributed by atoms with Crippen molar-refractivity contribution in [1.82, 2.24) is 14.9 Å². The Morgan fingerprint density at radius 1 is 1.18 bits per heavy atom. The van der Waals surface area contributed by atoms with Crippen molar-refractivity contribution in [1.29, 1.82) is 0 Å². The van der Waals surface area contributed by atoms with E-state index >= 15 is 0 Å². The number of aromatic nitrogens is 2. The fraction of sp³-hybridized carbons (Fsp3) is 0.304. The van der Waals surface area contributed by atoms with Gasteiger partial charge in [0.25, 0.3) is 0 Å². The number of nitrogens with one attached hydrogen (secondary N) is 1. The van der Waals surface area contributed by atoms with E-state index in [2.05, 4.69) is 22.5 Å². The molecule has 2 aromatic carbocycles. The molecule has 0 radical (unpaired) electrons. The summed E-state index contributed by atoms with van der Waals surface area (Å²) in [6.07, 6.45) is 1.61. The average Bonchev–Trinajstić information content (AvgIpc) is 3.04. The first kappa shape index (κ1) is 19.7. The van der Waals surface area contributed by atoms with Crippen LogP contribution in [-0.2, 0) is 17.8 Å². The van der Waals surface area contributed by atoms with Crippen molar-refractivity contribution in [3.05, 3.63) is 72.1 Å². The van der Waals surface area contributed by atoms with Gasteiger partial charge in [-0.2, -0.15) is 0 Å². The highest BCUT2D eigenvalue weighted by Crippen LogP contribution is 2.19. The SMILES string of the molecule is C=C(C)C(=O)NCCCc1nc2ccccc2n1CCOc1ccccc1C. The van der Waals surface area contributed by atoms with Crippen molar-refractivity contribution in [3.63, 3.8) is 0 Å². The molecular weight excluding hydrogens is 350 g/mol. The van der Waals surface area contributed by atoms with Gasteiger partial charge in [-0.15, -0.1) is 0 Å². The zero-order valence-corrected chi connectivity index (χ0v) is 16.6. The highest BCUT2D eigenvalue weighted by atomic mass is 16.5. The van der Waals surface area contributed by atoms with Gasteiger partial charge >= 0.3 is 0 Å². The van der Waals surface area contributed by atoms with Gasteiger partial charge in [-0.1, -0.05) is 36.9 Å². The number of imidazole rings is 1. The highest BCUT2D eigenvalue weighted by molar-refractivity contribution is 5.92. The number of rotatable bonds is 9. The summed E-state index contributed by atoms with van der Waals surface area (Å²) in [6.45, 7) is 9.32. The molecule has 1 aromatic heterocycles. The predicted molar refractivity (Wildman–Crippen MR) is 113 cm³/mol. The topological polar surface area (TPSA) is 56.2 Å². The molecule has 0 aliphatic carbocycles. The summed E-state index contributed by atoms with van der Waals surface area (Å²) in [5, 5.41) is 2.88. The van der Waals surface area contributed by atoms with Crippen molar-refractivity contribution in [2.24, 2.45) is 0 Å². The van der Waals surface area contributed by atoms with Gasteiger partial charge < -0.3 is 14.6 Å². The smallest absolute Gasteiger partial charge is 0.246 e. The number of hydrogen-bond donors (Lipinski definition) is 1. The second kappa shape index (κ2) is 9.22. The van der Waals surface area contributed by atoms with Crippen molar-refractivity contribution >= 4 is 16.9 Å². The predicted octanol–water partition coefficient (Wildman–Crippen LogP) is 4.05. The molecule has 0 aliphatic rings. The first-order chi connectivity index (χ1) is 13.6. The minimum absolute atomic E-state index is 0.0971. The van der Waals surface area contributed by atoms with E-state index in [4.69, 9.17) is 9.72 Å². The third-order valence-corrected chi connectivity index (χ3v) is 4.65. The molecule has 0 fully saturated rings. The van der Waals surface area contributed by atoms with Crippen LogP contribution in [0.25, 0.3) is 11.0 Å². The summed E-state index contributed by atoms with van der Waals surface area (Å²) in [5.41, 5.74) is 3.75. The average molecular weight is 377 g/mol. The second-order valence-electron chi connectivity index (χ2n) is 6.92. The van der Waals surface area contributed by atoms with E-state index < -0.39 is 0 Å². The first-order valence-corrected chi connectivity index (χ1v) is 9.62. The molecule has 1 heterocycles. The van der Waals surface area contributed by atoms with E-state index in [0.717, 1.165) is 47.6 Å². The Kier molecular flexibility index (Phi) is 6.48. The molecule has 5 heteroatoms. The maximum atomic E-state index is 11.6. The lowest BCUT2D eigenvalue weighted by molar-refractivity contribution is -0.117. The number of carbonyl (C=O) groups is 1. The van der Waals surface area contributed by atoms with Crippen molar-refractivity contribution in [3.8, 4) is 5.75 Å². The number of para-hydroxylation sites is 3. The van der Waals surface area contributed by atoms with Gasteiger partial charge in [0, 0.05) is 18.5 Å². The molecule has 0 aliphatic heterocycles. The monoisotopic (exact) mass is 377 g/mol. The Morgan fingerprint density at radius 2 is 1.93 bits per heavy atom. The van der Waals surface area contributed by atoms with Crippen molar-refractivity contribution in [2.75, 3.05) is 13.2 Å². The number of fused-ring (bicyclic) bond motifs is 1. The van der Waals surface area contributed by atoms with Gasteiger partial charge in [0.2, 0.25) is 5.91 Å². The number of ether oxygens (including phenoxy) is 1.